The first-order chi connectivity index (χ1) is 9.15. The molecule has 0 saturated heterocycles. The first-order valence-corrected chi connectivity index (χ1v) is 6.89. The summed E-state index contributed by atoms with van der Waals surface area (Å²) < 4.78 is 19.1. The SMILES string of the molecule is Fc1cc(OCCNc2ccc(Cl)cc2)ccc1Br. The second kappa shape index (κ2) is 6.78. The molecule has 0 atom stereocenters. The predicted molar refractivity (Wildman–Crippen MR) is 79.5 cm³/mol. The molecule has 0 fully saturated rings. The van der Waals surface area contributed by atoms with Crippen LogP contribution in [-0.4, -0.2) is 13.2 Å². The van der Waals surface area contributed by atoms with Crippen LogP contribution in [0.5, 0.6) is 5.75 Å². The highest BCUT2D eigenvalue weighted by Gasteiger charge is 2.01. The molecule has 5 heteroatoms. The molecule has 0 heterocycles. The summed E-state index contributed by atoms with van der Waals surface area (Å²) in [6.45, 7) is 1.07. The van der Waals surface area contributed by atoms with Crippen LogP contribution in [0.2, 0.25) is 5.02 Å². The van der Waals surface area contributed by atoms with Crippen molar-refractivity contribution in [2.45, 2.75) is 0 Å². The minimum Gasteiger partial charge on any atom is -0.492 e. The van der Waals surface area contributed by atoms with Crippen LogP contribution in [0.1, 0.15) is 0 Å². The molecular formula is C14H12BrClFNO. The Labute approximate surface area is 124 Å². The van der Waals surface area contributed by atoms with Gasteiger partial charge in [0.1, 0.15) is 18.2 Å². The molecule has 0 aliphatic rings. The highest BCUT2D eigenvalue weighted by Crippen LogP contribution is 2.20. The van der Waals surface area contributed by atoms with Crippen molar-refractivity contribution in [1.82, 2.24) is 0 Å². The van der Waals surface area contributed by atoms with Gasteiger partial charge in [0.05, 0.1) is 4.47 Å². The maximum Gasteiger partial charge on any atom is 0.141 e. The van der Waals surface area contributed by atoms with Gasteiger partial charge in [-0.3, -0.25) is 0 Å². The van der Waals surface area contributed by atoms with Gasteiger partial charge in [0.25, 0.3) is 0 Å². The summed E-state index contributed by atoms with van der Waals surface area (Å²) in [6.07, 6.45) is 0. The molecule has 19 heavy (non-hydrogen) atoms. The zero-order valence-corrected chi connectivity index (χ0v) is 12.3. The number of hydrogen-bond acceptors (Lipinski definition) is 2. The van der Waals surface area contributed by atoms with E-state index in [1.165, 1.54) is 6.07 Å². The van der Waals surface area contributed by atoms with E-state index in [1.54, 1.807) is 12.1 Å². The Bertz CT molecular complexity index is 548. The third-order valence-corrected chi connectivity index (χ3v) is 3.33. The predicted octanol–water partition coefficient (Wildman–Crippen LogP) is 4.73. The van der Waals surface area contributed by atoms with Crippen LogP contribution in [0, 0.1) is 5.82 Å². The number of hydrogen-bond donors (Lipinski definition) is 1. The first kappa shape index (κ1) is 14.2. The molecule has 0 aromatic heterocycles. The molecular weight excluding hydrogens is 333 g/mol. The molecule has 2 nitrogen and oxygen atoms in total. The van der Waals surface area contributed by atoms with E-state index in [0.29, 0.717) is 28.4 Å². The number of rotatable bonds is 5. The average Bonchev–Trinajstić information content (AvgIpc) is 2.41. The van der Waals surface area contributed by atoms with E-state index in [4.69, 9.17) is 16.3 Å². The van der Waals surface area contributed by atoms with Gasteiger partial charge in [-0.15, -0.1) is 0 Å². The lowest BCUT2D eigenvalue weighted by molar-refractivity contribution is 0.331. The number of anilines is 1. The number of ether oxygens (including phenoxy) is 1. The maximum atomic E-state index is 13.2. The Morgan fingerprint density at radius 2 is 1.89 bits per heavy atom. The second-order valence-corrected chi connectivity index (χ2v) is 5.15. The van der Waals surface area contributed by atoms with Crippen LogP contribution < -0.4 is 10.1 Å². The van der Waals surface area contributed by atoms with E-state index in [2.05, 4.69) is 21.2 Å². The van der Waals surface area contributed by atoms with Gasteiger partial charge in [0.15, 0.2) is 0 Å². The lowest BCUT2D eigenvalue weighted by Gasteiger charge is -2.09. The molecule has 0 aliphatic heterocycles. The van der Waals surface area contributed by atoms with Crippen LogP contribution in [-0.2, 0) is 0 Å². The molecule has 100 valence electrons. The standard InChI is InChI=1S/C14H12BrClFNO/c15-13-6-5-12(9-14(13)17)19-8-7-18-11-3-1-10(16)2-4-11/h1-6,9,18H,7-8H2. The molecule has 0 radical (unpaired) electrons. The summed E-state index contributed by atoms with van der Waals surface area (Å²) in [6, 6.07) is 12.1. The summed E-state index contributed by atoms with van der Waals surface area (Å²) in [4.78, 5) is 0. The zero-order valence-electron chi connectivity index (χ0n) is 10.00. The topological polar surface area (TPSA) is 21.3 Å². The smallest absolute Gasteiger partial charge is 0.141 e. The molecule has 0 aliphatic carbocycles. The highest BCUT2D eigenvalue weighted by atomic mass is 79.9. The molecule has 0 spiro atoms. The molecule has 2 rings (SSSR count). The zero-order chi connectivity index (χ0) is 13.7. The second-order valence-electron chi connectivity index (χ2n) is 3.86. The van der Waals surface area contributed by atoms with Crippen molar-refractivity contribution in [2.75, 3.05) is 18.5 Å². The van der Waals surface area contributed by atoms with Crippen LogP contribution in [0.15, 0.2) is 46.9 Å². The summed E-state index contributed by atoms with van der Waals surface area (Å²) in [5.41, 5.74) is 0.968. The fourth-order valence-electron chi connectivity index (χ4n) is 1.50. The van der Waals surface area contributed by atoms with Crippen molar-refractivity contribution in [1.29, 1.82) is 0 Å². The number of benzene rings is 2. The van der Waals surface area contributed by atoms with Gasteiger partial charge >= 0.3 is 0 Å². The normalized spacial score (nSPS) is 10.3. The lowest BCUT2D eigenvalue weighted by atomic mass is 10.3. The minimum atomic E-state index is -0.330. The Hall–Kier alpha value is -1.26. The van der Waals surface area contributed by atoms with Gasteiger partial charge in [-0.2, -0.15) is 0 Å². The van der Waals surface area contributed by atoms with Gasteiger partial charge in [-0.05, 0) is 52.3 Å². The Morgan fingerprint density at radius 3 is 2.58 bits per heavy atom. The van der Waals surface area contributed by atoms with E-state index >= 15 is 0 Å². The van der Waals surface area contributed by atoms with E-state index in [1.807, 2.05) is 24.3 Å². The van der Waals surface area contributed by atoms with Crippen molar-refractivity contribution in [3.8, 4) is 5.75 Å². The maximum absolute atomic E-state index is 13.2. The van der Waals surface area contributed by atoms with Crippen molar-refractivity contribution >= 4 is 33.2 Å². The van der Waals surface area contributed by atoms with Gasteiger partial charge in [0, 0.05) is 23.3 Å². The lowest BCUT2D eigenvalue weighted by Crippen LogP contribution is -2.11. The fraction of sp³-hybridized carbons (Fsp3) is 0.143. The Kier molecular flexibility index (Phi) is 5.05. The van der Waals surface area contributed by atoms with Crippen LogP contribution >= 0.6 is 27.5 Å². The van der Waals surface area contributed by atoms with Crippen molar-refractivity contribution < 1.29 is 9.13 Å². The molecule has 0 unspecified atom stereocenters. The van der Waals surface area contributed by atoms with Gasteiger partial charge in [-0.25, -0.2) is 4.39 Å². The number of nitrogens with one attached hydrogen (secondary N) is 1. The largest absolute Gasteiger partial charge is 0.492 e. The third kappa shape index (κ3) is 4.40. The quantitative estimate of drug-likeness (QED) is 0.792. The van der Waals surface area contributed by atoms with Crippen molar-refractivity contribution in [2.24, 2.45) is 0 Å². The fourth-order valence-corrected chi connectivity index (χ4v) is 1.87. The molecule has 2 aromatic carbocycles. The average molecular weight is 345 g/mol. The van der Waals surface area contributed by atoms with Crippen molar-refractivity contribution in [3.05, 3.63) is 57.8 Å². The van der Waals surface area contributed by atoms with E-state index in [9.17, 15) is 4.39 Å². The van der Waals surface area contributed by atoms with Crippen LogP contribution in [0.25, 0.3) is 0 Å². The van der Waals surface area contributed by atoms with E-state index in [0.717, 1.165) is 5.69 Å². The minimum absolute atomic E-state index is 0.330. The van der Waals surface area contributed by atoms with E-state index < -0.39 is 0 Å². The summed E-state index contributed by atoms with van der Waals surface area (Å²) in [5, 5.41) is 3.88. The summed E-state index contributed by atoms with van der Waals surface area (Å²) >= 11 is 8.88. The monoisotopic (exact) mass is 343 g/mol. The molecule has 0 bridgehead atoms. The Balaban J connectivity index is 1.77. The molecule has 0 amide bonds. The van der Waals surface area contributed by atoms with Crippen LogP contribution in [0.4, 0.5) is 10.1 Å². The summed E-state index contributed by atoms with van der Waals surface area (Å²) in [7, 11) is 0. The third-order valence-electron chi connectivity index (χ3n) is 2.44. The van der Waals surface area contributed by atoms with Gasteiger partial charge in [-0.1, -0.05) is 11.6 Å². The van der Waals surface area contributed by atoms with E-state index in [-0.39, 0.29) is 5.82 Å². The highest BCUT2D eigenvalue weighted by molar-refractivity contribution is 9.10. The number of halogens is 3. The van der Waals surface area contributed by atoms with Gasteiger partial charge in [0.2, 0.25) is 0 Å². The van der Waals surface area contributed by atoms with Crippen molar-refractivity contribution in [3.63, 3.8) is 0 Å². The Morgan fingerprint density at radius 1 is 1.16 bits per heavy atom. The molecule has 1 N–H and O–H groups in total. The molecule has 0 saturated carbocycles. The first-order valence-electron chi connectivity index (χ1n) is 5.72. The summed E-state index contributed by atoms with van der Waals surface area (Å²) in [5.74, 6) is 0.182. The van der Waals surface area contributed by atoms with Gasteiger partial charge < -0.3 is 10.1 Å². The van der Waals surface area contributed by atoms with Crippen LogP contribution in [0.3, 0.4) is 0 Å². The molecule has 2 aromatic rings.